The van der Waals surface area contributed by atoms with E-state index in [0.29, 0.717) is 12.1 Å². The Labute approximate surface area is 157 Å². The number of nitrogens with zero attached hydrogens (tertiary/aromatic N) is 1. The topological polar surface area (TPSA) is 110 Å². The predicted octanol–water partition coefficient (Wildman–Crippen LogP) is 1.94. The van der Waals surface area contributed by atoms with Gasteiger partial charge < -0.3 is 14.8 Å². The molecule has 2 N–H and O–H groups in total. The highest BCUT2D eigenvalue weighted by Gasteiger charge is 2.27. The van der Waals surface area contributed by atoms with Crippen molar-refractivity contribution in [1.82, 2.24) is 15.5 Å². The summed E-state index contributed by atoms with van der Waals surface area (Å²) >= 11 is 0. The molecule has 0 aliphatic heterocycles. The van der Waals surface area contributed by atoms with E-state index in [9.17, 15) is 14.4 Å². The number of hydrogen-bond donors (Lipinski definition) is 2. The van der Waals surface area contributed by atoms with Crippen LogP contribution in [0.5, 0.6) is 0 Å². The summed E-state index contributed by atoms with van der Waals surface area (Å²) in [6.45, 7) is 3.21. The van der Waals surface area contributed by atoms with Gasteiger partial charge in [0.1, 0.15) is 11.7 Å². The van der Waals surface area contributed by atoms with E-state index in [4.69, 9.17) is 9.47 Å². The summed E-state index contributed by atoms with van der Waals surface area (Å²) in [6.07, 6.45) is 0.677. The van der Waals surface area contributed by atoms with Gasteiger partial charge in [0.05, 0.1) is 12.8 Å². The lowest BCUT2D eigenvalue weighted by atomic mass is 9.99. The molecule has 0 radical (unpaired) electrons. The summed E-state index contributed by atoms with van der Waals surface area (Å²) in [5.74, 6) is -1.94. The fourth-order valence-corrected chi connectivity index (χ4v) is 2.40. The van der Waals surface area contributed by atoms with E-state index < -0.39 is 30.5 Å². The number of H-pyrrole nitrogens is 1. The lowest BCUT2D eigenvalue weighted by Crippen LogP contribution is -2.47. The number of benzene rings is 1. The minimum atomic E-state index is -0.789. The van der Waals surface area contributed by atoms with Crippen LogP contribution >= 0.6 is 0 Å². The average molecular weight is 373 g/mol. The molecule has 0 fully saturated rings. The van der Waals surface area contributed by atoms with Gasteiger partial charge >= 0.3 is 11.9 Å². The van der Waals surface area contributed by atoms with Gasteiger partial charge in [-0.15, -0.1) is 0 Å². The van der Waals surface area contributed by atoms with Gasteiger partial charge in [-0.05, 0) is 12.0 Å². The fourth-order valence-electron chi connectivity index (χ4n) is 2.40. The van der Waals surface area contributed by atoms with Crippen LogP contribution < -0.4 is 5.32 Å². The maximum atomic E-state index is 12.1. The Morgan fingerprint density at radius 2 is 1.93 bits per heavy atom. The number of methoxy groups -OCH3 is 1. The average Bonchev–Trinajstić information content (AvgIpc) is 3.20. The van der Waals surface area contributed by atoms with Gasteiger partial charge in [0.25, 0.3) is 5.91 Å². The number of nitrogens with one attached hydrogen (secondary N) is 2. The van der Waals surface area contributed by atoms with Gasteiger partial charge in [0, 0.05) is 5.56 Å². The molecule has 0 saturated heterocycles. The van der Waals surface area contributed by atoms with Crippen molar-refractivity contribution in [3.8, 4) is 11.3 Å². The van der Waals surface area contributed by atoms with Crippen molar-refractivity contribution in [3.63, 3.8) is 0 Å². The van der Waals surface area contributed by atoms with Gasteiger partial charge in [0.15, 0.2) is 6.61 Å². The van der Waals surface area contributed by atoms with Crippen molar-refractivity contribution >= 4 is 17.8 Å². The zero-order valence-corrected chi connectivity index (χ0v) is 15.5. The first-order chi connectivity index (χ1) is 13.0. The van der Waals surface area contributed by atoms with Crippen molar-refractivity contribution in [2.75, 3.05) is 13.7 Å². The number of amides is 1. The molecule has 2 aromatic rings. The maximum absolute atomic E-state index is 12.1. The third-order valence-corrected chi connectivity index (χ3v) is 4.19. The molecule has 1 aromatic carbocycles. The van der Waals surface area contributed by atoms with E-state index >= 15 is 0 Å². The minimum Gasteiger partial charge on any atom is -0.467 e. The molecule has 8 heteroatoms. The van der Waals surface area contributed by atoms with Crippen LogP contribution in [-0.2, 0) is 19.1 Å². The van der Waals surface area contributed by atoms with Crippen LogP contribution in [-0.4, -0.2) is 47.8 Å². The molecule has 1 aromatic heterocycles. The Morgan fingerprint density at radius 3 is 2.56 bits per heavy atom. The second-order valence-electron chi connectivity index (χ2n) is 6.06. The van der Waals surface area contributed by atoms with Crippen LogP contribution in [0.15, 0.2) is 36.4 Å². The summed E-state index contributed by atoms with van der Waals surface area (Å²) in [4.78, 5) is 35.9. The Morgan fingerprint density at radius 1 is 1.22 bits per heavy atom. The fraction of sp³-hybridized carbons (Fsp3) is 0.368. The highest BCUT2D eigenvalue weighted by molar-refractivity contribution is 5.91. The number of hydrogen-bond acceptors (Lipinski definition) is 6. The van der Waals surface area contributed by atoms with Crippen LogP contribution in [0.3, 0.4) is 0 Å². The van der Waals surface area contributed by atoms with E-state index in [-0.39, 0.29) is 11.6 Å². The number of carbonyl (C=O) groups excluding carboxylic acids is 3. The third kappa shape index (κ3) is 5.40. The zero-order chi connectivity index (χ0) is 19.8. The molecule has 2 atom stereocenters. The number of carbonyl (C=O) groups is 3. The predicted molar refractivity (Wildman–Crippen MR) is 97.7 cm³/mol. The van der Waals surface area contributed by atoms with Crippen molar-refractivity contribution in [2.24, 2.45) is 5.92 Å². The Hall–Kier alpha value is -3.16. The molecule has 27 heavy (non-hydrogen) atoms. The zero-order valence-electron chi connectivity index (χ0n) is 15.5. The third-order valence-electron chi connectivity index (χ3n) is 4.19. The first-order valence-corrected chi connectivity index (χ1v) is 8.61. The molecule has 8 nitrogen and oxygen atoms in total. The van der Waals surface area contributed by atoms with E-state index in [1.54, 1.807) is 6.07 Å². The molecule has 0 aliphatic carbocycles. The second kappa shape index (κ2) is 9.51. The lowest BCUT2D eigenvalue weighted by Gasteiger charge is -2.21. The molecule has 0 bridgehead atoms. The van der Waals surface area contributed by atoms with Crippen molar-refractivity contribution < 1.29 is 23.9 Å². The molecule has 0 aliphatic rings. The standard InChI is InChI=1S/C19H23N3O5/c1-4-12(2)17(19(25)26-3)20-16(23)11-27-18(24)15-10-14(21-22-15)13-8-6-5-7-9-13/h5-10,12,17H,4,11H2,1-3H3,(H,20,23)(H,21,22). The molecule has 2 rings (SSSR count). The second-order valence-corrected chi connectivity index (χ2v) is 6.06. The summed E-state index contributed by atoms with van der Waals surface area (Å²) in [5.41, 5.74) is 1.57. The number of esters is 2. The van der Waals surface area contributed by atoms with Gasteiger partial charge in [-0.25, -0.2) is 9.59 Å². The molecule has 1 amide bonds. The van der Waals surface area contributed by atoms with Gasteiger partial charge in [0.2, 0.25) is 0 Å². The molecular weight excluding hydrogens is 350 g/mol. The minimum absolute atomic E-state index is 0.113. The quantitative estimate of drug-likeness (QED) is 0.684. The van der Waals surface area contributed by atoms with Crippen molar-refractivity contribution in [1.29, 1.82) is 0 Å². The Bertz CT molecular complexity index is 788. The molecule has 2 unspecified atom stereocenters. The normalized spacial score (nSPS) is 12.7. The molecule has 0 spiro atoms. The Balaban J connectivity index is 1.92. The number of rotatable bonds is 8. The number of aromatic amines is 1. The molecule has 0 saturated carbocycles. The maximum Gasteiger partial charge on any atom is 0.356 e. The Kier molecular flexibility index (Phi) is 7.10. The highest BCUT2D eigenvalue weighted by Crippen LogP contribution is 2.17. The number of ether oxygens (including phenoxy) is 2. The van der Waals surface area contributed by atoms with Crippen LogP contribution in [0, 0.1) is 5.92 Å². The molecular formula is C19H23N3O5. The van der Waals surface area contributed by atoms with Crippen LogP contribution in [0.2, 0.25) is 0 Å². The number of aromatic nitrogens is 2. The van der Waals surface area contributed by atoms with E-state index in [1.165, 1.54) is 7.11 Å². The summed E-state index contributed by atoms with van der Waals surface area (Å²) in [6, 6.07) is 10.1. The largest absolute Gasteiger partial charge is 0.467 e. The smallest absolute Gasteiger partial charge is 0.356 e. The first kappa shape index (κ1) is 20.2. The van der Waals surface area contributed by atoms with Crippen molar-refractivity contribution in [3.05, 3.63) is 42.1 Å². The molecule has 1 heterocycles. The summed E-state index contributed by atoms with van der Waals surface area (Å²) < 4.78 is 9.69. The van der Waals surface area contributed by atoms with E-state index in [2.05, 4.69) is 15.5 Å². The van der Waals surface area contributed by atoms with Crippen LogP contribution in [0.1, 0.15) is 30.8 Å². The monoisotopic (exact) mass is 373 g/mol. The van der Waals surface area contributed by atoms with Gasteiger partial charge in [-0.3, -0.25) is 9.89 Å². The first-order valence-electron chi connectivity index (χ1n) is 8.61. The van der Waals surface area contributed by atoms with Crippen molar-refractivity contribution in [2.45, 2.75) is 26.3 Å². The van der Waals surface area contributed by atoms with Gasteiger partial charge in [-0.2, -0.15) is 5.10 Å². The van der Waals surface area contributed by atoms with E-state index in [1.807, 2.05) is 44.2 Å². The lowest BCUT2D eigenvalue weighted by molar-refractivity contribution is -0.147. The highest BCUT2D eigenvalue weighted by atomic mass is 16.5. The SMILES string of the molecule is CCC(C)C(NC(=O)COC(=O)c1cc(-c2ccccc2)n[nH]1)C(=O)OC. The summed E-state index contributed by atoms with van der Waals surface area (Å²) in [5, 5.41) is 9.20. The van der Waals surface area contributed by atoms with E-state index in [0.717, 1.165) is 5.56 Å². The molecule has 144 valence electrons. The van der Waals surface area contributed by atoms with Crippen LogP contribution in [0.4, 0.5) is 0 Å². The van der Waals surface area contributed by atoms with Crippen LogP contribution in [0.25, 0.3) is 11.3 Å². The van der Waals surface area contributed by atoms with Gasteiger partial charge in [-0.1, -0.05) is 50.6 Å². The summed E-state index contributed by atoms with van der Waals surface area (Å²) in [7, 11) is 1.26.